The van der Waals surface area contributed by atoms with Crippen molar-refractivity contribution in [2.45, 2.75) is 6.92 Å². The first-order chi connectivity index (χ1) is 5.27. The van der Waals surface area contributed by atoms with Crippen LogP contribution in [-0.4, -0.2) is 4.98 Å². The molecule has 1 heterocycles. The summed E-state index contributed by atoms with van der Waals surface area (Å²) >= 11 is 2.36. The highest BCUT2D eigenvalue weighted by molar-refractivity contribution is 14.1. The van der Waals surface area contributed by atoms with Crippen molar-refractivity contribution in [3.8, 4) is 0 Å². The predicted molar refractivity (Wildman–Crippen MR) is 55.8 cm³/mol. The van der Waals surface area contributed by atoms with Crippen LogP contribution in [0.2, 0.25) is 0 Å². The number of nitrogens with one attached hydrogen (secondary N) is 1. The zero-order valence-electron chi connectivity index (χ0n) is 6.19. The molecular formula is C9H8IN. The number of rotatable bonds is 0. The molecule has 1 aromatic carbocycles. The molecule has 0 fully saturated rings. The first-order valence-electron chi connectivity index (χ1n) is 3.50. The maximum atomic E-state index is 3.18. The summed E-state index contributed by atoms with van der Waals surface area (Å²) in [5.41, 5.74) is 2.56. The third-order valence-electron chi connectivity index (χ3n) is 1.83. The summed E-state index contributed by atoms with van der Waals surface area (Å²) in [4.78, 5) is 3.18. The van der Waals surface area contributed by atoms with E-state index in [-0.39, 0.29) is 0 Å². The number of fused-ring (bicyclic) bond motifs is 1. The monoisotopic (exact) mass is 257 g/mol. The van der Waals surface area contributed by atoms with Crippen LogP contribution in [0.1, 0.15) is 5.56 Å². The average Bonchev–Trinajstić information content (AvgIpc) is 2.36. The van der Waals surface area contributed by atoms with Crippen LogP contribution in [-0.2, 0) is 0 Å². The molecule has 0 aliphatic carbocycles. The van der Waals surface area contributed by atoms with Crippen LogP contribution in [0.25, 0.3) is 10.9 Å². The highest BCUT2D eigenvalue weighted by Crippen LogP contribution is 2.19. The Morgan fingerprint density at radius 2 is 2.18 bits per heavy atom. The molecule has 56 valence electrons. The number of hydrogen-bond acceptors (Lipinski definition) is 0. The third kappa shape index (κ3) is 1.15. The third-order valence-corrected chi connectivity index (χ3v) is 2.99. The van der Waals surface area contributed by atoms with Gasteiger partial charge in [-0.3, -0.25) is 0 Å². The molecule has 1 aromatic heterocycles. The lowest BCUT2D eigenvalue weighted by Gasteiger charge is -1.96. The highest BCUT2D eigenvalue weighted by atomic mass is 127. The van der Waals surface area contributed by atoms with Crippen LogP contribution in [0.4, 0.5) is 0 Å². The molecule has 0 spiro atoms. The van der Waals surface area contributed by atoms with Crippen molar-refractivity contribution in [3.63, 3.8) is 0 Å². The Kier molecular flexibility index (Phi) is 1.64. The van der Waals surface area contributed by atoms with Crippen LogP contribution in [0.5, 0.6) is 0 Å². The topological polar surface area (TPSA) is 15.8 Å². The number of H-pyrrole nitrogens is 1. The van der Waals surface area contributed by atoms with E-state index in [2.05, 4.69) is 52.7 Å². The summed E-state index contributed by atoms with van der Waals surface area (Å²) in [6.07, 6.45) is 1.97. The van der Waals surface area contributed by atoms with E-state index in [4.69, 9.17) is 0 Å². The summed E-state index contributed by atoms with van der Waals surface area (Å²) in [5, 5.41) is 1.29. The Hall–Kier alpha value is -0.510. The second-order valence-corrected chi connectivity index (χ2v) is 3.83. The zero-order chi connectivity index (χ0) is 7.84. The van der Waals surface area contributed by atoms with Crippen molar-refractivity contribution in [1.29, 1.82) is 0 Å². The molecule has 2 aromatic rings. The van der Waals surface area contributed by atoms with Crippen LogP contribution < -0.4 is 0 Å². The van der Waals surface area contributed by atoms with Crippen molar-refractivity contribution in [1.82, 2.24) is 4.98 Å². The highest BCUT2D eigenvalue weighted by Gasteiger charge is 1.97. The van der Waals surface area contributed by atoms with Gasteiger partial charge in [0, 0.05) is 20.7 Å². The van der Waals surface area contributed by atoms with Gasteiger partial charge >= 0.3 is 0 Å². The van der Waals surface area contributed by atoms with E-state index in [1.165, 1.54) is 20.0 Å². The van der Waals surface area contributed by atoms with Gasteiger partial charge in [-0.05, 0) is 53.3 Å². The van der Waals surface area contributed by atoms with E-state index < -0.39 is 0 Å². The fourth-order valence-electron chi connectivity index (χ4n) is 1.18. The number of benzene rings is 1. The maximum Gasteiger partial charge on any atom is 0.0457 e. The Balaban J connectivity index is 2.86. The summed E-state index contributed by atoms with van der Waals surface area (Å²) in [6, 6.07) is 6.47. The second kappa shape index (κ2) is 2.52. The molecule has 11 heavy (non-hydrogen) atoms. The summed E-state index contributed by atoms with van der Waals surface area (Å²) in [5.74, 6) is 0. The van der Waals surface area contributed by atoms with Gasteiger partial charge in [0.2, 0.25) is 0 Å². The average molecular weight is 257 g/mol. The fourth-order valence-corrected chi connectivity index (χ4v) is 1.67. The SMILES string of the molecule is Cc1cc2[nH]ccc2cc1I. The summed E-state index contributed by atoms with van der Waals surface area (Å²) < 4.78 is 1.33. The summed E-state index contributed by atoms with van der Waals surface area (Å²) in [6.45, 7) is 2.13. The van der Waals surface area contributed by atoms with Crippen LogP contribution in [0.3, 0.4) is 0 Å². The largest absolute Gasteiger partial charge is 0.361 e. The molecule has 0 saturated heterocycles. The second-order valence-electron chi connectivity index (χ2n) is 2.67. The van der Waals surface area contributed by atoms with E-state index in [0.29, 0.717) is 0 Å². The molecule has 1 nitrogen and oxygen atoms in total. The Morgan fingerprint density at radius 1 is 1.36 bits per heavy atom. The Bertz CT molecular complexity index is 353. The van der Waals surface area contributed by atoms with Crippen LogP contribution in [0, 0.1) is 10.5 Å². The van der Waals surface area contributed by atoms with Gasteiger partial charge in [-0.25, -0.2) is 0 Å². The maximum absolute atomic E-state index is 3.18. The van der Waals surface area contributed by atoms with Crippen LogP contribution >= 0.6 is 22.6 Å². The molecule has 0 bridgehead atoms. The normalized spacial score (nSPS) is 10.7. The molecule has 0 radical (unpaired) electrons. The lowest BCUT2D eigenvalue weighted by Crippen LogP contribution is -1.78. The number of aromatic amines is 1. The number of aromatic nitrogens is 1. The smallest absolute Gasteiger partial charge is 0.0457 e. The van der Waals surface area contributed by atoms with Crippen LogP contribution in [0.15, 0.2) is 24.4 Å². The Labute approximate surface area is 78.9 Å². The van der Waals surface area contributed by atoms with E-state index in [1.54, 1.807) is 0 Å². The molecule has 2 rings (SSSR count). The van der Waals surface area contributed by atoms with Crippen molar-refractivity contribution < 1.29 is 0 Å². The van der Waals surface area contributed by atoms with Gasteiger partial charge in [0.25, 0.3) is 0 Å². The zero-order valence-corrected chi connectivity index (χ0v) is 8.34. The van der Waals surface area contributed by atoms with Crippen molar-refractivity contribution in [2.75, 3.05) is 0 Å². The molecule has 1 N–H and O–H groups in total. The molecular weight excluding hydrogens is 249 g/mol. The first kappa shape index (κ1) is 7.16. The van der Waals surface area contributed by atoms with Gasteiger partial charge in [-0.15, -0.1) is 0 Å². The lowest BCUT2D eigenvalue weighted by atomic mass is 10.2. The van der Waals surface area contributed by atoms with Crippen molar-refractivity contribution in [2.24, 2.45) is 0 Å². The standard InChI is InChI=1S/C9H8IN/c1-6-4-9-7(2-3-11-9)5-8(6)10/h2-5,11H,1H3. The molecule has 0 amide bonds. The lowest BCUT2D eigenvalue weighted by molar-refractivity contribution is 1.42. The molecule has 0 aliphatic rings. The van der Waals surface area contributed by atoms with Gasteiger partial charge < -0.3 is 4.98 Å². The van der Waals surface area contributed by atoms with E-state index in [0.717, 1.165) is 0 Å². The number of hydrogen-bond donors (Lipinski definition) is 1. The minimum absolute atomic E-state index is 1.22. The molecule has 0 atom stereocenters. The number of aryl methyl sites for hydroxylation is 1. The molecule has 2 heteroatoms. The quantitative estimate of drug-likeness (QED) is 0.698. The summed E-state index contributed by atoms with van der Waals surface area (Å²) in [7, 11) is 0. The van der Waals surface area contributed by atoms with Gasteiger partial charge in [-0.1, -0.05) is 0 Å². The van der Waals surface area contributed by atoms with E-state index >= 15 is 0 Å². The molecule has 0 aliphatic heterocycles. The van der Waals surface area contributed by atoms with Crippen molar-refractivity contribution in [3.05, 3.63) is 33.5 Å². The molecule has 0 unspecified atom stereocenters. The van der Waals surface area contributed by atoms with Gasteiger partial charge in [0.1, 0.15) is 0 Å². The fraction of sp³-hybridized carbons (Fsp3) is 0.111. The van der Waals surface area contributed by atoms with Gasteiger partial charge in [0.15, 0.2) is 0 Å². The Morgan fingerprint density at radius 3 is 3.00 bits per heavy atom. The molecule has 0 saturated carbocycles. The number of halogens is 1. The van der Waals surface area contributed by atoms with E-state index in [9.17, 15) is 0 Å². The first-order valence-corrected chi connectivity index (χ1v) is 4.58. The van der Waals surface area contributed by atoms with E-state index in [1.807, 2.05) is 6.20 Å². The van der Waals surface area contributed by atoms with Gasteiger partial charge in [-0.2, -0.15) is 0 Å². The van der Waals surface area contributed by atoms with Gasteiger partial charge in [0.05, 0.1) is 0 Å². The predicted octanol–water partition coefficient (Wildman–Crippen LogP) is 3.08. The minimum Gasteiger partial charge on any atom is -0.361 e. The minimum atomic E-state index is 1.22. The van der Waals surface area contributed by atoms with Crippen molar-refractivity contribution >= 4 is 33.5 Å².